The predicted octanol–water partition coefficient (Wildman–Crippen LogP) is -2.13. The van der Waals surface area contributed by atoms with E-state index in [2.05, 4.69) is 14.7 Å². The molecule has 0 saturated carbocycles. The number of hydrogen-bond acceptors (Lipinski definition) is 6. The van der Waals surface area contributed by atoms with Crippen LogP contribution in [-0.2, 0) is 16.0 Å². The fourth-order valence-electron chi connectivity index (χ4n) is 0.791. The molecule has 0 aromatic carbocycles. The van der Waals surface area contributed by atoms with E-state index in [1.807, 2.05) is 0 Å². The first-order valence-electron chi connectivity index (χ1n) is 3.87. The van der Waals surface area contributed by atoms with E-state index in [0.717, 1.165) is 0 Å². The normalized spacial score (nSPS) is 9.64. The second kappa shape index (κ2) is 4.68. The molecule has 0 spiro atoms. The van der Waals surface area contributed by atoms with E-state index in [0.29, 0.717) is 0 Å². The molecule has 0 saturated heterocycles. The van der Waals surface area contributed by atoms with Crippen LogP contribution in [0.15, 0.2) is 12.4 Å². The van der Waals surface area contributed by atoms with Crippen LogP contribution in [0.25, 0.3) is 0 Å². The van der Waals surface area contributed by atoms with Crippen LogP contribution in [0, 0.1) is 0 Å². The van der Waals surface area contributed by atoms with Crippen molar-refractivity contribution < 1.29 is 19.6 Å². The minimum atomic E-state index is -1.60. The smallest absolute Gasteiger partial charge is 0.469 e. The summed E-state index contributed by atoms with van der Waals surface area (Å²) in [6, 6.07) is 0. The SMILES string of the molecule is COC(=O)Cc1ncc(B(O)O)cn1. The minimum Gasteiger partial charge on any atom is -0.469 e. The Morgan fingerprint density at radius 3 is 2.50 bits per heavy atom. The molecule has 1 rings (SSSR count). The zero-order valence-electron chi connectivity index (χ0n) is 7.54. The van der Waals surface area contributed by atoms with Gasteiger partial charge in [0, 0.05) is 17.9 Å². The van der Waals surface area contributed by atoms with Crippen molar-refractivity contribution in [1.82, 2.24) is 9.97 Å². The first-order chi connectivity index (χ1) is 6.63. The van der Waals surface area contributed by atoms with Crippen molar-refractivity contribution in [3.63, 3.8) is 0 Å². The highest BCUT2D eigenvalue weighted by atomic mass is 16.5. The Hall–Kier alpha value is -1.47. The molecule has 2 N–H and O–H groups in total. The quantitative estimate of drug-likeness (QED) is 0.423. The third-order valence-corrected chi connectivity index (χ3v) is 1.55. The van der Waals surface area contributed by atoms with E-state index >= 15 is 0 Å². The summed E-state index contributed by atoms with van der Waals surface area (Å²) >= 11 is 0. The zero-order valence-corrected chi connectivity index (χ0v) is 7.54. The summed E-state index contributed by atoms with van der Waals surface area (Å²) in [5.41, 5.74) is 0.179. The summed E-state index contributed by atoms with van der Waals surface area (Å²) in [5.74, 6) is -0.163. The van der Waals surface area contributed by atoms with Crippen LogP contribution in [0.4, 0.5) is 0 Å². The molecule has 0 amide bonds. The van der Waals surface area contributed by atoms with Gasteiger partial charge in [0.1, 0.15) is 12.2 Å². The maximum atomic E-state index is 10.8. The summed E-state index contributed by atoms with van der Waals surface area (Å²) in [6.07, 6.45) is 2.46. The van der Waals surface area contributed by atoms with Crippen LogP contribution in [0.2, 0.25) is 0 Å². The van der Waals surface area contributed by atoms with Gasteiger partial charge in [-0.25, -0.2) is 9.97 Å². The van der Waals surface area contributed by atoms with Crippen LogP contribution in [0.3, 0.4) is 0 Å². The highest BCUT2D eigenvalue weighted by Crippen LogP contribution is 1.90. The molecule has 0 aliphatic heterocycles. The van der Waals surface area contributed by atoms with E-state index in [-0.39, 0.29) is 17.7 Å². The number of rotatable bonds is 3. The van der Waals surface area contributed by atoms with Crippen LogP contribution in [-0.4, -0.2) is 40.2 Å². The summed E-state index contributed by atoms with van der Waals surface area (Å²) in [6.45, 7) is 0. The maximum absolute atomic E-state index is 10.8. The van der Waals surface area contributed by atoms with Crippen molar-refractivity contribution >= 4 is 18.6 Å². The molecule has 1 aromatic heterocycles. The van der Waals surface area contributed by atoms with E-state index < -0.39 is 13.1 Å². The molecule has 0 fully saturated rings. The zero-order chi connectivity index (χ0) is 10.6. The Kier molecular flexibility index (Phi) is 3.55. The number of nitrogens with zero attached hydrogens (tertiary/aromatic N) is 2. The molecule has 0 unspecified atom stereocenters. The average Bonchev–Trinajstić information content (AvgIpc) is 2.18. The van der Waals surface area contributed by atoms with Crippen LogP contribution < -0.4 is 5.46 Å². The number of methoxy groups -OCH3 is 1. The summed E-state index contributed by atoms with van der Waals surface area (Å²) in [5, 5.41) is 17.5. The number of aromatic nitrogens is 2. The lowest BCUT2D eigenvalue weighted by molar-refractivity contribution is -0.139. The number of hydrogen-bond donors (Lipinski definition) is 2. The standard InChI is InChI=1S/C7H9BN2O4/c1-14-7(11)2-6-9-3-5(4-10-6)8(12)13/h3-4,12-13H,2H2,1H3. The van der Waals surface area contributed by atoms with Gasteiger partial charge in [-0.05, 0) is 0 Å². The van der Waals surface area contributed by atoms with Gasteiger partial charge in [0.2, 0.25) is 0 Å². The molecule has 0 atom stereocenters. The fourth-order valence-corrected chi connectivity index (χ4v) is 0.791. The molecular formula is C7H9BN2O4. The third kappa shape index (κ3) is 2.79. The first kappa shape index (κ1) is 10.6. The monoisotopic (exact) mass is 196 g/mol. The molecule has 0 bridgehead atoms. The summed E-state index contributed by atoms with van der Waals surface area (Å²) < 4.78 is 4.41. The van der Waals surface area contributed by atoms with Crippen molar-refractivity contribution in [2.75, 3.05) is 7.11 Å². The maximum Gasteiger partial charge on any atom is 0.491 e. The molecule has 1 heterocycles. The second-order valence-electron chi connectivity index (χ2n) is 2.56. The van der Waals surface area contributed by atoms with Crippen molar-refractivity contribution in [1.29, 1.82) is 0 Å². The van der Waals surface area contributed by atoms with E-state index in [1.54, 1.807) is 0 Å². The second-order valence-corrected chi connectivity index (χ2v) is 2.56. The molecule has 14 heavy (non-hydrogen) atoms. The molecule has 6 nitrogen and oxygen atoms in total. The van der Waals surface area contributed by atoms with Crippen molar-refractivity contribution in [2.24, 2.45) is 0 Å². The van der Waals surface area contributed by atoms with Gasteiger partial charge in [-0.3, -0.25) is 4.79 Å². The highest BCUT2D eigenvalue weighted by molar-refractivity contribution is 6.58. The largest absolute Gasteiger partial charge is 0.491 e. The van der Waals surface area contributed by atoms with Crippen LogP contribution >= 0.6 is 0 Å². The Morgan fingerprint density at radius 2 is 2.07 bits per heavy atom. The Labute approximate surface area is 80.7 Å². The third-order valence-electron chi connectivity index (χ3n) is 1.55. The van der Waals surface area contributed by atoms with Gasteiger partial charge in [0.25, 0.3) is 0 Å². The molecule has 7 heteroatoms. The lowest BCUT2D eigenvalue weighted by atomic mass is 9.83. The summed E-state index contributed by atoms with van der Waals surface area (Å²) in [7, 11) is -0.323. The Balaban J connectivity index is 2.69. The van der Waals surface area contributed by atoms with Crippen molar-refractivity contribution in [2.45, 2.75) is 6.42 Å². The number of esters is 1. The molecule has 74 valence electrons. The lowest BCUT2D eigenvalue weighted by Gasteiger charge is -2.00. The molecule has 0 aliphatic carbocycles. The van der Waals surface area contributed by atoms with Gasteiger partial charge >= 0.3 is 13.1 Å². The van der Waals surface area contributed by atoms with Gasteiger partial charge in [0.15, 0.2) is 0 Å². The van der Waals surface area contributed by atoms with E-state index in [4.69, 9.17) is 10.0 Å². The van der Waals surface area contributed by atoms with E-state index in [1.165, 1.54) is 19.5 Å². The Bertz CT molecular complexity index is 314. The predicted molar refractivity (Wildman–Crippen MR) is 47.6 cm³/mol. The minimum absolute atomic E-state index is 0.0295. The van der Waals surface area contributed by atoms with Gasteiger partial charge in [-0.1, -0.05) is 0 Å². The van der Waals surface area contributed by atoms with Gasteiger partial charge in [-0.15, -0.1) is 0 Å². The number of ether oxygens (including phenoxy) is 1. The Morgan fingerprint density at radius 1 is 1.50 bits per heavy atom. The van der Waals surface area contributed by atoms with Gasteiger partial charge in [0.05, 0.1) is 7.11 Å². The summed E-state index contributed by atoms with van der Waals surface area (Å²) in [4.78, 5) is 18.3. The first-order valence-corrected chi connectivity index (χ1v) is 3.87. The van der Waals surface area contributed by atoms with Gasteiger partial charge < -0.3 is 14.8 Å². The van der Waals surface area contributed by atoms with Gasteiger partial charge in [-0.2, -0.15) is 0 Å². The van der Waals surface area contributed by atoms with Crippen LogP contribution in [0.1, 0.15) is 5.82 Å². The lowest BCUT2D eigenvalue weighted by Crippen LogP contribution is -2.31. The molecule has 0 radical (unpaired) electrons. The van der Waals surface area contributed by atoms with Crippen molar-refractivity contribution in [3.8, 4) is 0 Å². The molecule has 0 aliphatic rings. The fraction of sp³-hybridized carbons (Fsp3) is 0.286. The van der Waals surface area contributed by atoms with E-state index in [9.17, 15) is 4.79 Å². The molecular weight excluding hydrogens is 187 g/mol. The average molecular weight is 196 g/mol. The topological polar surface area (TPSA) is 92.5 Å². The highest BCUT2D eigenvalue weighted by Gasteiger charge is 2.12. The van der Waals surface area contributed by atoms with Crippen LogP contribution in [0.5, 0.6) is 0 Å². The number of carbonyl (C=O) groups excluding carboxylic acids is 1. The number of carbonyl (C=O) groups is 1. The van der Waals surface area contributed by atoms with Crippen molar-refractivity contribution in [3.05, 3.63) is 18.2 Å². The molecule has 1 aromatic rings.